The third-order valence-electron chi connectivity index (χ3n) is 3.20. The van der Waals surface area contributed by atoms with E-state index >= 15 is 0 Å². The molecule has 1 amide bonds. The Balaban J connectivity index is 2.72. The molecule has 1 atom stereocenters. The summed E-state index contributed by atoms with van der Waals surface area (Å²) in [6.07, 6.45) is -0.534. The summed E-state index contributed by atoms with van der Waals surface area (Å²) in [6.45, 7) is 9.29. The number of hydrogen-bond acceptors (Lipinski definition) is 4. The molecule has 0 aliphatic rings. The predicted molar refractivity (Wildman–Crippen MR) is 88.9 cm³/mol. The molecule has 0 saturated heterocycles. The zero-order valence-electron chi connectivity index (χ0n) is 14.8. The van der Waals surface area contributed by atoms with Crippen LogP contribution >= 0.6 is 0 Å². The summed E-state index contributed by atoms with van der Waals surface area (Å²) in [5.74, 6) is -0.520. The minimum atomic E-state index is -0.687. The van der Waals surface area contributed by atoms with Gasteiger partial charge in [-0.1, -0.05) is 44.2 Å². The molecule has 0 aliphatic carbocycles. The SMILES string of the molecule is CC(C)[C@H](C(=O)OCc1ccccc1)N(C)C(=O)OC(C)(C)C. The number of hydrogen-bond donors (Lipinski definition) is 0. The van der Waals surface area contributed by atoms with Crippen LogP contribution in [0.1, 0.15) is 40.2 Å². The lowest BCUT2D eigenvalue weighted by Gasteiger charge is -2.31. The molecule has 0 aromatic heterocycles. The minimum absolute atomic E-state index is 0.0872. The summed E-state index contributed by atoms with van der Waals surface area (Å²) in [6, 6.07) is 8.75. The lowest BCUT2D eigenvalue weighted by molar-refractivity contribution is -0.152. The summed E-state index contributed by atoms with van der Waals surface area (Å²) in [7, 11) is 1.56. The Morgan fingerprint density at radius 3 is 2.17 bits per heavy atom. The van der Waals surface area contributed by atoms with E-state index in [1.54, 1.807) is 27.8 Å². The second kappa shape index (κ2) is 7.99. The summed E-state index contributed by atoms with van der Waals surface area (Å²) in [4.78, 5) is 25.9. The molecule has 0 spiro atoms. The van der Waals surface area contributed by atoms with Crippen molar-refractivity contribution in [3.05, 3.63) is 35.9 Å². The first-order chi connectivity index (χ1) is 10.6. The molecule has 0 heterocycles. The van der Waals surface area contributed by atoms with Crippen LogP contribution in [0.3, 0.4) is 0 Å². The topological polar surface area (TPSA) is 55.8 Å². The van der Waals surface area contributed by atoms with Crippen molar-refractivity contribution in [1.82, 2.24) is 4.90 Å². The van der Waals surface area contributed by atoms with Gasteiger partial charge in [0.25, 0.3) is 0 Å². The quantitative estimate of drug-likeness (QED) is 0.777. The molecule has 0 bridgehead atoms. The highest BCUT2D eigenvalue weighted by Gasteiger charge is 2.33. The van der Waals surface area contributed by atoms with Crippen molar-refractivity contribution < 1.29 is 19.1 Å². The van der Waals surface area contributed by atoms with Crippen LogP contribution in [0, 0.1) is 5.92 Å². The molecule has 1 aromatic rings. The Morgan fingerprint density at radius 2 is 1.70 bits per heavy atom. The molecule has 0 N–H and O–H groups in total. The fraction of sp³-hybridized carbons (Fsp3) is 0.556. The average molecular weight is 321 g/mol. The number of benzene rings is 1. The second-order valence-corrected chi connectivity index (χ2v) is 6.87. The Kier molecular flexibility index (Phi) is 6.61. The Hall–Kier alpha value is -2.04. The highest BCUT2D eigenvalue weighted by atomic mass is 16.6. The van der Waals surface area contributed by atoms with E-state index in [2.05, 4.69) is 0 Å². The molecule has 0 unspecified atom stereocenters. The number of carbonyl (C=O) groups excluding carboxylic acids is 2. The fourth-order valence-electron chi connectivity index (χ4n) is 2.14. The van der Waals surface area contributed by atoms with Crippen molar-refractivity contribution in [1.29, 1.82) is 0 Å². The Bertz CT molecular complexity index is 520. The second-order valence-electron chi connectivity index (χ2n) is 6.87. The van der Waals surface area contributed by atoms with Crippen molar-refractivity contribution >= 4 is 12.1 Å². The Morgan fingerprint density at radius 1 is 1.13 bits per heavy atom. The largest absolute Gasteiger partial charge is 0.459 e. The van der Waals surface area contributed by atoms with Gasteiger partial charge >= 0.3 is 12.1 Å². The van der Waals surface area contributed by atoms with Crippen LogP contribution in [0.15, 0.2) is 30.3 Å². The number of carbonyl (C=O) groups is 2. The monoisotopic (exact) mass is 321 g/mol. The summed E-state index contributed by atoms with van der Waals surface area (Å²) in [5, 5.41) is 0. The minimum Gasteiger partial charge on any atom is -0.459 e. The molecule has 5 nitrogen and oxygen atoms in total. The van der Waals surface area contributed by atoms with Gasteiger partial charge in [-0.05, 0) is 32.3 Å². The van der Waals surface area contributed by atoms with Crippen molar-refractivity contribution in [3.63, 3.8) is 0 Å². The standard InChI is InChI=1S/C18H27NO4/c1-13(2)15(19(6)17(21)23-18(3,4)5)16(20)22-12-14-10-8-7-9-11-14/h7-11,13,15H,12H2,1-6H3/t15-/m1/s1. The predicted octanol–water partition coefficient (Wildman–Crippen LogP) is 3.62. The van der Waals surface area contributed by atoms with E-state index in [4.69, 9.17) is 9.47 Å². The van der Waals surface area contributed by atoms with E-state index in [0.717, 1.165) is 5.56 Å². The van der Waals surface area contributed by atoms with E-state index in [0.29, 0.717) is 0 Å². The highest BCUT2D eigenvalue weighted by Crippen LogP contribution is 2.16. The normalized spacial score (nSPS) is 12.7. The molecule has 5 heteroatoms. The first kappa shape index (κ1) is 19.0. The molecule has 0 radical (unpaired) electrons. The maximum atomic E-state index is 12.4. The highest BCUT2D eigenvalue weighted by molar-refractivity contribution is 5.81. The summed E-state index contributed by atoms with van der Waals surface area (Å²) < 4.78 is 10.7. The van der Waals surface area contributed by atoms with Crippen LogP contribution < -0.4 is 0 Å². The molecule has 1 rings (SSSR count). The van der Waals surface area contributed by atoms with Gasteiger partial charge in [-0.25, -0.2) is 9.59 Å². The number of nitrogens with zero attached hydrogens (tertiary/aromatic N) is 1. The van der Waals surface area contributed by atoms with Gasteiger partial charge < -0.3 is 9.47 Å². The van der Waals surface area contributed by atoms with E-state index in [1.807, 2.05) is 44.2 Å². The van der Waals surface area contributed by atoms with Gasteiger partial charge in [-0.2, -0.15) is 0 Å². The van der Waals surface area contributed by atoms with Crippen molar-refractivity contribution in [2.45, 2.75) is 52.9 Å². The number of likely N-dealkylation sites (N-methyl/N-ethyl adjacent to an activating group) is 1. The third-order valence-corrected chi connectivity index (χ3v) is 3.20. The maximum absolute atomic E-state index is 12.4. The number of amides is 1. The van der Waals surface area contributed by atoms with Crippen LogP contribution in [0.5, 0.6) is 0 Å². The first-order valence-electron chi connectivity index (χ1n) is 7.78. The molecule has 0 fully saturated rings. The number of esters is 1. The average Bonchev–Trinajstić information content (AvgIpc) is 2.44. The van der Waals surface area contributed by atoms with Crippen LogP contribution in [0.2, 0.25) is 0 Å². The maximum Gasteiger partial charge on any atom is 0.410 e. The van der Waals surface area contributed by atoms with Gasteiger partial charge in [0, 0.05) is 7.05 Å². The Labute approximate surface area is 138 Å². The van der Waals surface area contributed by atoms with E-state index in [9.17, 15) is 9.59 Å². The lowest BCUT2D eigenvalue weighted by atomic mass is 10.0. The van der Waals surface area contributed by atoms with Crippen LogP contribution in [-0.4, -0.2) is 35.7 Å². The molecule has 0 aliphatic heterocycles. The van der Waals surface area contributed by atoms with Gasteiger partial charge in [-0.15, -0.1) is 0 Å². The van der Waals surface area contributed by atoms with Crippen molar-refractivity contribution in [2.24, 2.45) is 5.92 Å². The van der Waals surface area contributed by atoms with Crippen molar-refractivity contribution in [2.75, 3.05) is 7.05 Å². The zero-order valence-corrected chi connectivity index (χ0v) is 14.8. The van der Waals surface area contributed by atoms with Gasteiger partial charge in [0.15, 0.2) is 0 Å². The molecular weight excluding hydrogens is 294 g/mol. The third kappa shape index (κ3) is 6.30. The van der Waals surface area contributed by atoms with E-state index < -0.39 is 23.7 Å². The van der Waals surface area contributed by atoms with Crippen molar-refractivity contribution in [3.8, 4) is 0 Å². The van der Waals surface area contributed by atoms with Gasteiger partial charge in [0.2, 0.25) is 0 Å². The van der Waals surface area contributed by atoms with Gasteiger partial charge in [0.05, 0.1) is 0 Å². The summed E-state index contributed by atoms with van der Waals surface area (Å²) in [5.41, 5.74) is 0.296. The summed E-state index contributed by atoms with van der Waals surface area (Å²) >= 11 is 0. The first-order valence-corrected chi connectivity index (χ1v) is 7.78. The molecule has 23 heavy (non-hydrogen) atoms. The van der Waals surface area contributed by atoms with Gasteiger partial charge in [-0.3, -0.25) is 4.90 Å². The number of ether oxygens (including phenoxy) is 2. The van der Waals surface area contributed by atoms with Crippen LogP contribution in [0.4, 0.5) is 4.79 Å². The molecule has 1 aromatic carbocycles. The van der Waals surface area contributed by atoms with Crippen LogP contribution in [-0.2, 0) is 20.9 Å². The zero-order chi connectivity index (χ0) is 17.6. The number of rotatable bonds is 5. The van der Waals surface area contributed by atoms with Crippen LogP contribution in [0.25, 0.3) is 0 Å². The van der Waals surface area contributed by atoms with Gasteiger partial charge in [0.1, 0.15) is 18.2 Å². The lowest BCUT2D eigenvalue weighted by Crippen LogP contribution is -2.48. The van der Waals surface area contributed by atoms with E-state index in [1.165, 1.54) is 4.90 Å². The fourth-order valence-corrected chi connectivity index (χ4v) is 2.14. The molecule has 0 saturated carbocycles. The molecule has 128 valence electrons. The molecular formula is C18H27NO4. The van der Waals surface area contributed by atoms with E-state index in [-0.39, 0.29) is 12.5 Å². The smallest absolute Gasteiger partial charge is 0.410 e.